The molecule has 198 valence electrons. The first kappa shape index (κ1) is 28.1. The molecular weight excluding hydrogens is 523 g/mol. The van der Waals surface area contributed by atoms with Crippen LogP contribution in [0.1, 0.15) is 24.9 Å². The number of carbonyl (C=O) groups excluding carboxylic acids is 1. The van der Waals surface area contributed by atoms with Crippen LogP contribution in [0.4, 0.5) is 10.1 Å². The molecule has 1 atom stereocenters. The van der Waals surface area contributed by atoms with Gasteiger partial charge in [0.2, 0.25) is 5.91 Å². The Labute approximate surface area is 221 Å². The molecule has 0 heterocycles. The van der Waals surface area contributed by atoms with Crippen LogP contribution in [0.25, 0.3) is 0 Å². The second-order valence-electron chi connectivity index (χ2n) is 7.93. The number of sulfonamides is 1. The van der Waals surface area contributed by atoms with Crippen molar-refractivity contribution in [1.82, 2.24) is 5.32 Å². The molecule has 3 aromatic rings. The average Bonchev–Trinajstić information content (AvgIpc) is 2.91. The zero-order valence-electron chi connectivity index (χ0n) is 20.8. The Kier molecular flexibility index (Phi) is 9.23. The highest BCUT2D eigenvalue weighted by molar-refractivity contribution is 7.92. The van der Waals surface area contributed by atoms with E-state index in [0.29, 0.717) is 17.9 Å². The van der Waals surface area contributed by atoms with Crippen LogP contribution in [-0.2, 0) is 14.8 Å². The first-order valence-corrected chi connectivity index (χ1v) is 13.1. The van der Waals surface area contributed by atoms with E-state index in [2.05, 4.69) is 5.32 Å². The highest BCUT2D eigenvalue weighted by atomic mass is 35.5. The molecule has 1 unspecified atom stereocenters. The van der Waals surface area contributed by atoms with Crippen molar-refractivity contribution >= 4 is 33.2 Å². The van der Waals surface area contributed by atoms with Crippen molar-refractivity contribution in [3.63, 3.8) is 0 Å². The number of hydrogen-bond donors (Lipinski definition) is 1. The lowest BCUT2D eigenvalue weighted by molar-refractivity contribution is -0.120. The molecule has 0 aliphatic rings. The Morgan fingerprint density at radius 1 is 0.973 bits per heavy atom. The van der Waals surface area contributed by atoms with E-state index in [4.69, 9.17) is 25.8 Å². The highest BCUT2D eigenvalue weighted by Gasteiger charge is 2.29. The normalized spacial score (nSPS) is 11.9. The van der Waals surface area contributed by atoms with Crippen molar-refractivity contribution in [2.45, 2.75) is 24.3 Å². The minimum absolute atomic E-state index is 0.0221. The third kappa shape index (κ3) is 6.44. The summed E-state index contributed by atoms with van der Waals surface area (Å²) in [7, 11) is 0.0505. The molecule has 1 N–H and O–H groups in total. The van der Waals surface area contributed by atoms with Gasteiger partial charge in [-0.1, -0.05) is 30.7 Å². The molecule has 0 radical (unpaired) electrons. The quantitative estimate of drug-likeness (QED) is 0.362. The van der Waals surface area contributed by atoms with Gasteiger partial charge in [-0.2, -0.15) is 0 Å². The summed E-state index contributed by atoms with van der Waals surface area (Å²) in [6.07, 6.45) is 0.558. The number of ether oxygens (including phenoxy) is 3. The first-order valence-electron chi connectivity index (χ1n) is 11.3. The van der Waals surface area contributed by atoms with Gasteiger partial charge in [-0.3, -0.25) is 9.10 Å². The summed E-state index contributed by atoms with van der Waals surface area (Å²) in [5.74, 6) is -0.0853. The van der Waals surface area contributed by atoms with E-state index in [0.717, 1.165) is 22.0 Å². The summed E-state index contributed by atoms with van der Waals surface area (Å²) in [6.45, 7) is 1.32. The molecule has 3 rings (SSSR count). The number of amides is 1. The summed E-state index contributed by atoms with van der Waals surface area (Å²) >= 11 is 5.95. The molecule has 0 saturated heterocycles. The lowest BCUT2D eigenvalue weighted by Crippen LogP contribution is -2.42. The van der Waals surface area contributed by atoms with Gasteiger partial charge in [-0.25, -0.2) is 12.8 Å². The zero-order chi connectivity index (χ0) is 27.2. The molecule has 1 amide bonds. The molecule has 0 fully saturated rings. The Hall–Kier alpha value is -3.50. The molecule has 37 heavy (non-hydrogen) atoms. The van der Waals surface area contributed by atoms with Gasteiger partial charge in [0.15, 0.2) is 11.5 Å². The number of nitrogens with one attached hydrogen (secondary N) is 1. The average molecular weight is 551 g/mol. The first-order chi connectivity index (χ1) is 17.6. The van der Waals surface area contributed by atoms with Crippen LogP contribution in [0.15, 0.2) is 65.6 Å². The van der Waals surface area contributed by atoms with E-state index in [1.54, 1.807) is 19.2 Å². The summed E-state index contributed by atoms with van der Waals surface area (Å²) in [5, 5.41) is 2.59. The van der Waals surface area contributed by atoms with E-state index in [9.17, 15) is 17.6 Å². The predicted molar refractivity (Wildman–Crippen MR) is 140 cm³/mol. The minimum Gasteiger partial charge on any atom is -0.497 e. The molecule has 0 aliphatic heterocycles. The Balaban J connectivity index is 1.97. The van der Waals surface area contributed by atoms with Crippen LogP contribution in [-0.4, -0.2) is 42.2 Å². The number of carbonyl (C=O) groups is 1. The SMILES string of the molecule is CCC(NC(=O)CN(c1ccc(F)c(Cl)c1)S(=O)(=O)c1ccc(OC)c(OC)c1)c1ccc(OC)cc1. The van der Waals surface area contributed by atoms with Crippen LogP contribution >= 0.6 is 11.6 Å². The molecular formula is C26H28ClFN2O6S. The molecule has 0 bridgehead atoms. The number of halogens is 2. The molecule has 8 nitrogen and oxygen atoms in total. The van der Waals surface area contributed by atoms with E-state index in [1.165, 1.54) is 38.5 Å². The highest BCUT2D eigenvalue weighted by Crippen LogP contribution is 2.33. The van der Waals surface area contributed by atoms with Gasteiger partial charge in [-0.05, 0) is 54.4 Å². The van der Waals surface area contributed by atoms with Crippen molar-refractivity contribution in [1.29, 1.82) is 0 Å². The summed E-state index contributed by atoms with van der Waals surface area (Å²) in [4.78, 5) is 13.0. The summed E-state index contributed by atoms with van der Waals surface area (Å²) < 4.78 is 57.8. The topological polar surface area (TPSA) is 94.2 Å². The maximum Gasteiger partial charge on any atom is 0.264 e. The van der Waals surface area contributed by atoms with Gasteiger partial charge in [0, 0.05) is 6.07 Å². The second kappa shape index (κ2) is 12.2. The number of methoxy groups -OCH3 is 3. The second-order valence-corrected chi connectivity index (χ2v) is 10.2. The van der Waals surface area contributed by atoms with Gasteiger partial charge in [0.1, 0.15) is 18.1 Å². The van der Waals surface area contributed by atoms with E-state index < -0.39 is 28.3 Å². The summed E-state index contributed by atoms with van der Waals surface area (Å²) in [5.41, 5.74) is 0.851. The van der Waals surface area contributed by atoms with Gasteiger partial charge in [-0.15, -0.1) is 0 Å². The Morgan fingerprint density at radius 2 is 1.65 bits per heavy atom. The van der Waals surface area contributed by atoms with Gasteiger partial charge < -0.3 is 19.5 Å². The lowest BCUT2D eigenvalue weighted by Gasteiger charge is -2.26. The smallest absolute Gasteiger partial charge is 0.264 e. The maximum absolute atomic E-state index is 13.9. The molecule has 3 aromatic carbocycles. The molecule has 0 aliphatic carbocycles. The number of rotatable bonds is 11. The number of benzene rings is 3. The Morgan fingerprint density at radius 3 is 2.22 bits per heavy atom. The lowest BCUT2D eigenvalue weighted by atomic mass is 10.0. The van der Waals surface area contributed by atoms with Crippen LogP contribution in [0.5, 0.6) is 17.2 Å². The van der Waals surface area contributed by atoms with Crippen molar-refractivity contribution in [3.05, 3.63) is 77.1 Å². The van der Waals surface area contributed by atoms with Crippen LogP contribution in [0, 0.1) is 5.82 Å². The molecule has 0 aromatic heterocycles. The van der Waals surface area contributed by atoms with E-state index in [-0.39, 0.29) is 27.4 Å². The molecule has 0 saturated carbocycles. The van der Waals surface area contributed by atoms with Gasteiger partial charge >= 0.3 is 0 Å². The van der Waals surface area contributed by atoms with E-state index >= 15 is 0 Å². The number of nitrogens with zero attached hydrogens (tertiary/aromatic N) is 1. The van der Waals surface area contributed by atoms with E-state index in [1.807, 2.05) is 19.1 Å². The fourth-order valence-corrected chi connectivity index (χ4v) is 5.29. The number of hydrogen-bond acceptors (Lipinski definition) is 6. The van der Waals surface area contributed by atoms with Crippen LogP contribution in [0.3, 0.4) is 0 Å². The van der Waals surface area contributed by atoms with Crippen LogP contribution in [0.2, 0.25) is 5.02 Å². The third-order valence-corrected chi connectivity index (χ3v) is 7.74. The fraction of sp³-hybridized carbons (Fsp3) is 0.269. The van der Waals surface area contributed by atoms with Crippen molar-refractivity contribution < 1.29 is 31.8 Å². The standard InChI is InChI=1S/C26H28ClFN2O6S/c1-5-23(17-6-9-19(34-2)10-7-17)29-26(31)16-30(18-8-12-22(28)21(27)14-18)37(32,33)20-11-13-24(35-3)25(15-20)36-4/h6-15,23H,5,16H2,1-4H3,(H,29,31). The van der Waals surface area contributed by atoms with Crippen molar-refractivity contribution in [3.8, 4) is 17.2 Å². The maximum atomic E-state index is 13.9. The minimum atomic E-state index is -4.31. The third-order valence-electron chi connectivity index (χ3n) is 5.68. The number of anilines is 1. The van der Waals surface area contributed by atoms with Crippen molar-refractivity contribution in [2.24, 2.45) is 0 Å². The van der Waals surface area contributed by atoms with Crippen molar-refractivity contribution in [2.75, 3.05) is 32.2 Å². The Bertz CT molecular complexity index is 1350. The summed E-state index contributed by atoms with van der Waals surface area (Å²) in [6, 6.07) is 14.3. The van der Waals surface area contributed by atoms with Gasteiger partial charge in [0.25, 0.3) is 10.0 Å². The molecule has 0 spiro atoms. The van der Waals surface area contributed by atoms with Crippen LogP contribution < -0.4 is 23.8 Å². The predicted octanol–water partition coefficient (Wildman–Crippen LogP) is 4.97. The largest absolute Gasteiger partial charge is 0.497 e. The monoisotopic (exact) mass is 550 g/mol. The zero-order valence-corrected chi connectivity index (χ0v) is 22.4. The van der Waals surface area contributed by atoms with Gasteiger partial charge in [0.05, 0.1) is 43.0 Å². The molecule has 11 heteroatoms. The fourth-order valence-electron chi connectivity index (χ4n) is 3.69.